The molecule has 150 valence electrons. The first-order valence-electron chi connectivity index (χ1n) is 8.67. The van der Waals surface area contributed by atoms with Crippen molar-refractivity contribution in [2.45, 2.75) is 25.8 Å². The molecule has 0 saturated heterocycles. The van der Waals surface area contributed by atoms with E-state index in [1.54, 1.807) is 4.90 Å². The van der Waals surface area contributed by atoms with Crippen molar-refractivity contribution in [3.8, 4) is 0 Å². The van der Waals surface area contributed by atoms with E-state index in [4.69, 9.17) is 16.3 Å². The molecular weight excluding hydrogens is 421 g/mol. The molecule has 1 aromatic carbocycles. The van der Waals surface area contributed by atoms with Crippen LogP contribution in [0.4, 0.5) is 9.18 Å². The Kier molecular flexibility index (Phi) is 9.08. The van der Waals surface area contributed by atoms with Crippen molar-refractivity contribution in [1.82, 2.24) is 14.9 Å². The predicted octanol–water partition coefficient (Wildman–Crippen LogP) is 5.41. The highest BCUT2D eigenvalue weighted by molar-refractivity contribution is 8.59. The number of benzene rings is 1. The Morgan fingerprint density at radius 1 is 1.36 bits per heavy atom. The average Bonchev–Trinajstić information content (AvgIpc) is 3.17. The Morgan fingerprint density at radius 3 is 2.75 bits per heavy atom. The quantitative estimate of drug-likeness (QED) is 0.282. The van der Waals surface area contributed by atoms with Gasteiger partial charge in [-0.2, -0.15) is 0 Å². The summed E-state index contributed by atoms with van der Waals surface area (Å²) in [6, 6.07) is 9.16. The van der Waals surface area contributed by atoms with Gasteiger partial charge in [0.15, 0.2) is 5.82 Å². The van der Waals surface area contributed by atoms with Gasteiger partial charge in [0.2, 0.25) is 5.28 Å². The number of rotatable bonds is 5. The molecule has 2 heterocycles. The molecule has 0 aliphatic carbocycles. The van der Waals surface area contributed by atoms with Gasteiger partial charge in [-0.1, -0.05) is 49.8 Å². The van der Waals surface area contributed by atoms with E-state index in [1.165, 1.54) is 0 Å². The van der Waals surface area contributed by atoms with Gasteiger partial charge in [-0.15, -0.1) is 23.3 Å². The van der Waals surface area contributed by atoms with Gasteiger partial charge in [0.05, 0.1) is 25.4 Å². The molecule has 5 nitrogen and oxygen atoms in total. The molecule has 0 spiro atoms. The summed E-state index contributed by atoms with van der Waals surface area (Å²) >= 11 is 12.3. The van der Waals surface area contributed by atoms with Crippen LogP contribution in [-0.4, -0.2) is 34.1 Å². The SMILES string of the molecule is CCCCOC(=O)N1CC(c2nc(Cl)ncc2F)=C[C@H]1c1ccccc1.SS. The number of hydrogen-bond donors (Lipinski definition) is 2. The first-order valence-corrected chi connectivity index (χ1v) is 10.7. The molecule has 0 bridgehead atoms. The fourth-order valence-corrected chi connectivity index (χ4v) is 2.96. The topological polar surface area (TPSA) is 55.3 Å². The summed E-state index contributed by atoms with van der Waals surface area (Å²) < 4.78 is 19.5. The Bertz CT molecular complexity index is 824. The standard InChI is InChI=1S/C19H19ClFN3O2.H2S2/c1-2-3-9-26-19(25)24-12-14(17-15(21)11-22-18(20)23-17)10-16(24)13-7-5-4-6-8-13;1-2/h4-8,10-11,16H,2-3,9,12H2,1H3;1-2H/t16-;/m0./s1. The molecule has 3 rings (SSSR count). The van der Waals surface area contributed by atoms with Gasteiger partial charge in [-0.25, -0.2) is 19.2 Å². The number of carbonyl (C=O) groups is 1. The van der Waals surface area contributed by atoms with Gasteiger partial charge >= 0.3 is 6.09 Å². The fraction of sp³-hybridized carbons (Fsp3) is 0.316. The lowest BCUT2D eigenvalue weighted by Crippen LogP contribution is -2.32. The first-order chi connectivity index (χ1) is 13.6. The van der Waals surface area contributed by atoms with Crippen LogP contribution in [0.3, 0.4) is 0 Å². The van der Waals surface area contributed by atoms with Gasteiger partial charge in [-0.3, -0.25) is 4.90 Å². The molecule has 9 heteroatoms. The summed E-state index contributed by atoms with van der Waals surface area (Å²) in [6.45, 7) is 2.57. The van der Waals surface area contributed by atoms with Gasteiger partial charge in [-0.05, 0) is 29.2 Å². The lowest BCUT2D eigenvalue weighted by Gasteiger charge is -2.24. The molecule has 1 aliphatic heterocycles. The van der Waals surface area contributed by atoms with E-state index < -0.39 is 11.9 Å². The second-order valence-electron chi connectivity index (χ2n) is 5.98. The van der Waals surface area contributed by atoms with E-state index in [0.717, 1.165) is 24.6 Å². The summed E-state index contributed by atoms with van der Waals surface area (Å²) in [5, 5.41) is -0.0393. The van der Waals surface area contributed by atoms with Crippen LogP contribution in [0.2, 0.25) is 5.28 Å². The largest absolute Gasteiger partial charge is 0.449 e. The highest BCUT2D eigenvalue weighted by atomic mass is 35.5. The molecule has 1 atom stereocenters. The maximum Gasteiger partial charge on any atom is 0.410 e. The summed E-state index contributed by atoms with van der Waals surface area (Å²) in [6.07, 6.45) is 4.15. The minimum Gasteiger partial charge on any atom is -0.449 e. The van der Waals surface area contributed by atoms with Crippen molar-refractivity contribution in [3.05, 3.63) is 65.0 Å². The number of ether oxygens (including phenoxy) is 1. The lowest BCUT2D eigenvalue weighted by molar-refractivity contribution is 0.100. The molecule has 28 heavy (non-hydrogen) atoms. The summed E-state index contributed by atoms with van der Waals surface area (Å²) in [4.78, 5) is 21.7. The van der Waals surface area contributed by atoms with Crippen LogP contribution in [0.25, 0.3) is 5.57 Å². The molecule has 1 aliphatic rings. The summed E-state index contributed by atoms with van der Waals surface area (Å²) in [7, 11) is 0. The van der Waals surface area contributed by atoms with Crippen LogP contribution in [0.5, 0.6) is 0 Å². The van der Waals surface area contributed by atoms with Crippen molar-refractivity contribution in [2.75, 3.05) is 13.2 Å². The van der Waals surface area contributed by atoms with Crippen molar-refractivity contribution in [1.29, 1.82) is 0 Å². The van der Waals surface area contributed by atoms with Crippen molar-refractivity contribution >= 4 is 46.6 Å². The summed E-state index contributed by atoms with van der Waals surface area (Å²) in [5.74, 6) is -0.575. The second kappa shape index (κ2) is 11.3. The highest BCUT2D eigenvalue weighted by Gasteiger charge is 2.33. The van der Waals surface area contributed by atoms with Crippen LogP contribution in [-0.2, 0) is 4.74 Å². The number of hydrogen-bond acceptors (Lipinski definition) is 6. The van der Waals surface area contributed by atoms with Crippen LogP contribution in [0.1, 0.15) is 37.1 Å². The molecule has 1 aromatic heterocycles. The molecule has 0 radical (unpaired) electrons. The minimum atomic E-state index is -0.575. The van der Waals surface area contributed by atoms with Crippen molar-refractivity contribution in [2.24, 2.45) is 0 Å². The van der Waals surface area contributed by atoms with Crippen LogP contribution < -0.4 is 0 Å². The predicted molar refractivity (Wildman–Crippen MR) is 115 cm³/mol. The third-order valence-electron chi connectivity index (χ3n) is 4.15. The van der Waals surface area contributed by atoms with Gasteiger partial charge in [0.1, 0.15) is 5.69 Å². The third kappa shape index (κ3) is 5.62. The van der Waals surface area contributed by atoms with E-state index in [1.807, 2.05) is 43.3 Å². The minimum absolute atomic E-state index is 0.0393. The maximum absolute atomic E-state index is 14.2. The highest BCUT2D eigenvalue weighted by Crippen LogP contribution is 2.35. The molecule has 0 N–H and O–H groups in total. The van der Waals surface area contributed by atoms with Crippen molar-refractivity contribution < 1.29 is 13.9 Å². The van der Waals surface area contributed by atoms with Crippen LogP contribution in [0, 0.1) is 5.82 Å². The molecular formula is C19H21ClFN3O2S2. The number of nitrogens with zero attached hydrogens (tertiary/aromatic N) is 3. The monoisotopic (exact) mass is 441 g/mol. The van der Waals surface area contributed by atoms with E-state index >= 15 is 0 Å². The number of carbonyl (C=O) groups excluding carboxylic acids is 1. The molecule has 1 amide bonds. The van der Waals surface area contributed by atoms with E-state index in [9.17, 15) is 9.18 Å². The number of amides is 1. The van der Waals surface area contributed by atoms with Gasteiger partial charge in [0, 0.05) is 0 Å². The second-order valence-corrected chi connectivity index (χ2v) is 6.32. The number of halogens is 2. The molecule has 0 fully saturated rings. The average molecular weight is 442 g/mol. The number of thiol groups is 2. The smallest absolute Gasteiger partial charge is 0.410 e. The zero-order chi connectivity index (χ0) is 20.5. The molecule has 2 aromatic rings. The maximum atomic E-state index is 14.2. The third-order valence-corrected chi connectivity index (χ3v) is 4.34. The Labute approximate surface area is 179 Å². The van der Waals surface area contributed by atoms with Crippen LogP contribution in [0.15, 0.2) is 42.6 Å². The zero-order valence-electron chi connectivity index (χ0n) is 15.3. The van der Waals surface area contributed by atoms with E-state index in [2.05, 4.69) is 33.3 Å². The van der Waals surface area contributed by atoms with Gasteiger partial charge < -0.3 is 4.74 Å². The molecule has 0 saturated carbocycles. The van der Waals surface area contributed by atoms with E-state index in [-0.39, 0.29) is 23.6 Å². The molecule has 0 unspecified atom stereocenters. The zero-order valence-corrected chi connectivity index (χ0v) is 17.8. The Morgan fingerprint density at radius 2 is 2.07 bits per heavy atom. The Hall–Kier alpha value is -1.77. The van der Waals surface area contributed by atoms with E-state index in [0.29, 0.717) is 12.2 Å². The van der Waals surface area contributed by atoms with Crippen LogP contribution >= 0.6 is 34.9 Å². The summed E-state index contributed by atoms with van der Waals surface area (Å²) in [5.41, 5.74) is 1.60. The first kappa shape index (κ1) is 22.5. The van der Waals surface area contributed by atoms with Gasteiger partial charge in [0.25, 0.3) is 0 Å². The van der Waals surface area contributed by atoms with Crippen molar-refractivity contribution in [3.63, 3.8) is 0 Å². The lowest BCUT2D eigenvalue weighted by atomic mass is 10.1. The fourth-order valence-electron chi connectivity index (χ4n) is 2.83. The number of aromatic nitrogens is 2. The Balaban J connectivity index is 0.00000136. The normalized spacial score (nSPS) is 15.5. The number of unbranched alkanes of at least 4 members (excludes halogenated alkanes) is 1.